The summed E-state index contributed by atoms with van der Waals surface area (Å²) in [4.78, 5) is 9.14. The largest absolute Gasteiger partial charge is 0.305 e. The molecule has 47 heavy (non-hydrogen) atoms. The first-order chi connectivity index (χ1) is 22.4. The van der Waals surface area contributed by atoms with Gasteiger partial charge < -0.3 is 4.98 Å². The molecule has 3 heteroatoms. The van der Waals surface area contributed by atoms with Crippen molar-refractivity contribution in [3.05, 3.63) is 175 Å². The van der Waals surface area contributed by atoms with Gasteiger partial charge in [0.05, 0.1) is 5.69 Å². The van der Waals surface area contributed by atoms with E-state index in [0.29, 0.717) is 11.8 Å². The first-order valence-corrected chi connectivity index (χ1v) is 16.0. The predicted molar refractivity (Wildman–Crippen MR) is 193 cm³/mol. The summed E-state index contributed by atoms with van der Waals surface area (Å²) in [5.74, 6) is 0.858. The van der Waals surface area contributed by atoms with Crippen LogP contribution in [-0.2, 0) is 25.5 Å². The SMILES string of the molecule is CC(C)(C)c1ccnc(-c2ccc3ccccc3c2)c1.[Ir].[c-]1cc2c(cc1-c1cc(-c3ccccc3)ccn1)C1C=CC=CC1C=C2. The Morgan fingerprint density at radius 1 is 0.617 bits per heavy atom. The third kappa shape index (κ3) is 7.18. The van der Waals surface area contributed by atoms with E-state index < -0.39 is 0 Å². The molecule has 8 rings (SSSR count). The average Bonchev–Trinajstić information content (AvgIpc) is 3.11. The van der Waals surface area contributed by atoms with E-state index >= 15 is 0 Å². The fraction of sp³-hybridized carbons (Fsp3) is 0.136. The molecule has 0 amide bonds. The summed E-state index contributed by atoms with van der Waals surface area (Å²) in [6.07, 6.45) is 17.1. The standard InChI is InChI=1S/C25H18N.C19H19N.Ir/c1-2-6-18(7-3-1)21-14-15-26-25(17-21)22-13-12-20-11-10-19-8-4-5-9-23(19)24(20)16-22;1-19(2,3)17-10-11-20-18(13-17)16-9-8-14-6-4-5-7-15(14)12-16;/h1-12,14-17,19,23H;4-13H,1-3H3;/q-1;;. The van der Waals surface area contributed by atoms with E-state index in [4.69, 9.17) is 0 Å². The number of nitrogens with zero attached hydrogens (tertiary/aromatic N) is 2. The molecule has 2 atom stereocenters. The Kier molecular flexibility index (Phi) is 9.59. The van der Waals surface area contributed by atoms with Crippen LogP contribution < -0.4 is 0 Å². The molecule has 6 aromatic rings. The van der Waals surface area contributed by atoms with Crippen LogP contribution in [0.15, 0.2) is 152 Å². The van der Waals surface area contributed by atoms with Crippen LogP contribution in [0.5, 0.6) is 0 Å². The van der Waals surface area contributed by atoms with Crippen LogP contribution in [0.1, 0.15) is 43.4 Å². The van der Waals surface area contributed by atoms with E-state index in [2.05, 4.69) is 176 Å². The van der Waals surface area contributed by atoms with Gasteiger partial charge in [0.25, 0.3) is 0 Å². The van der Waals surface area contributed by atoms with Crippen molar-refractivity contribution in [2.45, 2.75) is 32.1 Å². The van der Waals surface area contributed by atoms with Gasteiger partial charge in [0.1, 0.15) is 0 Å². The second-order valence-corrected chi connectivity index (χ2v) is 13.0. The second kappa shape index (κ2) is 14.0. The number of fused-ring (bicyclic) bond motifs is 4. The average molecular weight is 786 g/mol. The van der Waals surface area contributed by atoms with E-state index in [1.54, 1.807) is 0 Å². The van der Waals surface area contributed by atoms with E-state index in [1.807, 2.05) is 18.5 Å². The molecule has 2 nitrogen and oxygen atoms in total. The van der Waals surface area contributed by atoms with Gasteiger partial charge in [-0.05, 0) is 68.8 Å². The van der Waals surface area contributed by atoms with Gasteiger partial charge in [-0.3, -0.25) is 4.98 Å². The number of rotatable bonds is 3. The van der Waals surface area contributed by atoms with Gasteiger partial charge in [0.2, 0.25) is 0 Å². The van der Waals surface area contributed by atoms with Crippen LogP contribution >= 0.6 is 0 Å². The number of aromatic nitrogens is 2. The summed E-state index contributed by atoms with van der Waals surface area (Å²) in [5.41, 5.74) is 10.7. The van der Waals surface area contributed by atoms with Crippen molar-refractivity contribution in [2.24, 2.45) is 5.92 Å². The number of benzene rings is 4. The molecule has 0 saturated carbocycles. The Bertz CT molecular complexity index is 2100. The van der Waals surface area contributed by atoms with Crippen molar-refractivity contribution in [3.63, 3.8) is 0 Å². The Balaban J connectivity index is 0.000000167. The van der Waals surface area contributed by atoms with Crippen molar-refractivity contribution >= 4 is 16.8 Å². The predicted octanol–water partition coefficient (Wildman–Crippen LogP) is 11.3. The van der Waals surface area contributed by atoms with Crippen molar-refractivity contribution in [2.75, 3.05) is 0 Å². The van der Waals surface area contributed by atoms with Crippen LogP contribution in [0.2, 0.25) is 0 Å². The summed E-state index contributed by atoms with van der Waals surface area (Å²) in [5, 5.41) is 2.52. The smallest absolute Gasteiger partial charge is 0.0705 e. The monoisotopic (exact) mass is 786 g/mol. The second-order valence-electron chi connectivity index (χ2n) is 13.0. The molecule has 0 bridgehead atoms. The molecule has 1 radical (unpaired) electrons. The van der Waals surface area contributed by atoms with Crippen LogP contribution in [-0.4, -0.2) is 9.97 Å². The fourth-order valence-corrected chi connectivity index (χ4v) is 6.23. The van der Waals surface area contributed by atoms with Gasteiger partial charge in [0, 0.05) is 44.0 Å². The van der Waals surface area contributed by atoms with E-state index in [9.17, 15) is 0 Å². The molecule has 0 spiro atoms. The van der Waals surface area contributed by atoms with Gasteiger partial charge in [-0.15, -0.1) is 41.0 Å². The molecule has 0 aliphatic heterocycles. The molecule has 233 valence electrons. The zero-order valence-electron chi connectivity index (χ0n) is 26.9. The number of allylic oxidation sites excluding steroid dienone is 5. The first-order valence-electron chi connectivity index (χ1n) is 16.0. The molecular weight excluding hydrogens is 749 g/mol. The molecule has 2 aromatic heterocycles. The van der Waals surface area contributed by atoms with E-state index in [-0.39, 0.29) is 25.5 Å². The van der Waals surface area contributed by atoms with Gasteiger partial charge in [-0.25, -0.2) is 0 Å². The maximum Gasteiger partial charge on any atom is 0.0705 e. The number of hydrogen-bond donors (Lipinski definition) is 0. The van der Waals surface area contributed by atoms with Crippen molar-refractivity contribution < 1.29 is 20.1 Å². The Morgan fingerprint density at radius 2 is 1.36 bits per heavy atom. The van der Waals surface area contributed by atoms with Gasteiger partial charge in [0.15, 0.2) is 0 Å². The van der Waals surface area contributed by atoms with Crippen molar-refractivity contribution in [1.82, 2.24) is 9.97 Å². The van der Waals surface area contributed by atoms with Crippen molar-refractivity contribution in [1.29, 1.82) is 0 Å². The third-order valence-corrected chi connectivity index (χ3v) is 8.87. The quantitative estimate of drug-likeness (QED) is 0.167. The summed E-state index contributed by atoms with van der Waals surface area (Å²) < 4.78 is 0. The summed E-state index contributed by atoms with van der Waals surface area (Å²) in [6.45, 7) is 6.69. The first kappa shape index (κ1) is 32.3. The third-order valence-electron chi connectivity index (χ3n) is 8.87. The summed E-state index contributed by atoms with van der Waals surface area (Å²) >= 11 is 0. The molecule has 2 aliphatic carbocycles. The minimum atomic E-state index is 0. The van der Waals surface area contributed by atoms with E-state index in [1.165, 1.54) is 44.2 Å². The Morgan fingerprint density at radius 3 is 2.19 bits per heavy atom. The van der Waals surface area contributed by atoms with Crippen LogP contribution in [0.3, 0.4) is 0 Å². The Labute approximate surface area is 292 Å². The van der Waals surface area contributed by atoms with E-state index in [0.717, 1.165) is 17.0 Å². The molecule has 2 unspecified atom stereocenters. The fourth-order valence-electron chi connectivity index (χ4n) is 6.23. The number of pyridine rings is 2. The molecule has 0 saturated heterocycles. The van der Waals surface area contributed by atoms with Crippen LogP contribution in [0.25, 0.3) is 50.5 Å². The molecule has 2 aliphatic rings. The number of hydrogen-bond acceptors (Lipinski definition) is 2. The van der Waals surface area contributed by atoms with Gasteiger partial charge in [-0.1, -0.05) is 124 Å². The van der Waals surface area contributed by atoms with Crippen molar-refractivity contribution in [3.8, 4) is 33.6 Å². The zero-order valence-corrected chi connectivity index (χ0v) is 29.3. The van der Waals surface area contributed by atoms with Gasteiger partial charge in [-0.2, -0.15) is 0 Å². The van der Waals surface area contributed by atoms with Crippen LogP contribution in [0, 0.1) is 12.0 Å². The summed E-state index contributed by atoms with van der Waals surface area (Å²) in [7, 11) is 0. The zero-order chi connectivity index (χ0) is 31.5. The molecule has 0 N–H and O–H groups in total. The maximum absolute atomic E-state index is 4.61. The molecular formula is C44H37IrN2-. The molecule has 4 aromatic carbocycles. The molecule has 0 fully saturated rings. The minimum absolute atomic E-state index is 0. The van der Waals surface area contributed by atoms with Gasteiger partial charge >= 0.3 is 0 Å². The van der Waals surface area contributed by atoms with Crippen LogP contribution in [0.4, 0.5) is 0 Å². The Hall–Kier alpha value is -4.69. The summed E-state index contributed by atoms with van der Waals surface area (Å²) in [6, 6.07) is 41.7. The maximum atomic E-state index is 4.61. The minimum Gasteiger partial charge on any atom is -0.305 e. The normalized spacial score (nSPS) is 16.0. The topological polar surface area (TPSA) is 25.8 Å². The molecule has 2 heterocycles.